The standard InChI is InChI=1S/C14H16ClNS/c1-10-3-4-11(13(15)7-10)8-14(16-2)12-5-6-17-9-12/h3-7,9,14,16H,8H2,1-2H3. The van der Waals surface area contributed by atoms with Crippen LogP contribution in [0.2, 0.25) is 5.02 Å². The number of likely N-dealkylation sites (N-methyl/N-ethyl adjacent to an activating group) is 1. The molecule has 0 aliphatic carbocycles. The largest absolute Gasteiger partial charge is 0.313 e. The highest BCUT2D eigenvalue weighted by atomic mass is 35.5. The highest BCUT2D eigenvalue weighted by molar-refractivity contribution is 7.07. The van der Waals surface area contributed by atoms with Gasteiger partial charge in [-0.2, -0.15) is 11.3 Å². The van der Waals surface area contributed by atoms with Crippen molar-refractivity contribution in [2.24, 2.45) is 0 Å². The van der Waals surface area contributed by atoms with Gasteiger partial charge in [-0.25, -0.2) is 0 Å². The summed E-state index contributed by atoms with van der Waals surface area (Å²) in [6, 6.07) is 8.75. The van der Waals surface area contributed by atoms with Crippen LogP contribution < -0.4 is 5.32 Å². The molecule has 0 saturated heterocycles. The molecule has 1 unspecified atom stereocenters. The minimum Gasteiger partial charge on any atom is -0.313 e. The van der Waals surface area contributed by atoms with Crippen molar-refractivity contribution in [3.05, 3.63) is 56.7 Å². The molecule has 0 spiro atoms. The van der Waals surface area contributed by atoms with Crippen molar-refractivity contribution in [2.45, 2.75) is 19.4 Å². The van der Waals surface area contributed by atoms with Crippen LogP contribution in [-0.2, 0) is 6.42 Å². The summed E-state index contributed by atoms with van der Waals surface area (Å²) in [5.74, 6) is 0. The van der Waals surface area contributed by atoms with Crippen LogP contribution in [0.4, 0.5) is 0 Å². The number of benzene rings is 1. The number of thiophene rings is 1. The highest BCUT2D eigenvalue weighted by Gasteiger charge is 2.12. The summed E-state index contributed by atoms with van der Waals surface area (Å²) in [5.41, 5.74) is 3.73. The van der Waals surface area contributed by atoms with Gasteiger partial charge in [0.25, 0.3) is 0 Å². The fourth-order valence-electron chi connectivity index (χ4n) is 1.90. The summed E-state index contributed by atoms with van der Waals surface area (Å²) in [6.07, 6.45) is 0.923. The molecule has 1 heterocycles. The number of hydrogen-bond acceptors (Lipinski definition) is 2. The molecule has 0 radical (unpaired) electrons. The second kappa shape index (κ2) is 5.67. The average molecular weight is 266 g/mol. The molecule has 1 atom stereocenters. The Labute approximate surface area is 111 Å². The molecular weight excluding hydrogens is 250 g/mol. The number of rotatable bonds is 4. The van der Waals surface area contributed by atoms with Crippen molar-refractivity contribution in [2.75, 3.05) is 7.05 Å². The summed E-state index contributed by atoms with van der Waals surface area (Å²) in [5, 5.41) is 8.50. The molecule has 2 rings (SSSR count). The van der Waals surface area contributed by atoms with E-state index in [0.717, 1.165) is 11.4 Å². The smallest absolute Gasteiger partial charge is 0.0441 e. The van der Waals surface area contributed by atoms with Gasteiger partial charge in [-0.3, -0.25) is 0 Å². The molecule has 17 heavy (non-hydrogen) atoms. The predicted octanol–water partition coefficient (Wildman–Crippen LogP) is 4.21. The molecule has 0 bridgehead atoms. The first kappa shape index (κ1) is 12.6. The fourth-order valence-corrected chi connectivity index (χ4v) is 2.92. The molecule has 1 aromatic heterocycles. The van der Waals surface area contributed by atoms with E-state index >= 15 is 0 Å². The minimum atomic E-state index is 0.335. The SMILES string of the molecule is CNC(Cc1ccc(C)cc1Cl)c1ccsc1. The maximum absolute atomic E-state index is 6.27. The van der Waals surface area contributed by atoms with Gasteiger partial charge in [0.2, 0.25) is 0 Å². The first-order chi connectivity index (χ1) is 8.20. The molecule has 90 valence electrons. The molecule has 0 saturated carbocycles. The lowest BCUT2D eigenvalue weighted by atomic mass is 10.0. The van der Waals surface area contributed by atoms with Gasteiger partial charge >= 0.3 is 0 Å². The maximum atomic E-state index is 6.27. The second-order valence-corrected chi connectivity index (χ2v) is 5.38. The third kappa shape index (κ3) is 3.09. The van der Waals surface area contributed by atoms with Gasteiger partial charge in [0.05, 0.1) is 0 Å². The lowest BCUT2D eigenvalue weighted by Crippen LogP contribution is -2.18. The molecule has 3 heteroatoms. The van der Waals surface area contributed by atoms with E-state index in [9.17, 15) is 0 Å². The summed E-state index contributed by atoms with van der Waals surface area (Å²) >= 11 is 7.99. The van der Waals surface area contributed by atoms with Crippen molar-refractivity contribution < 1.29 is 0 Å². The zero-order chi connectivity index (χ0) is 12.3. The molecule has 0 aliphatic rings. The van der Waals surface area contributed by atoms with Gasteiger partial charge in [-0.1, -0.05) is 23.7 Å². The molecule has 0 aliphatic heterocycles. The Kier molecular flexibility index (Phi) is 4.21. The molecule has 1 N–H and O–H groups in total. The van der Waals surface area contributed by atoms with Gasteiger partial charge in [0, 0.05) is 11.1 Å². The quantitative estimate of drug-likeness (QED) is 0.873. The van der Waals surface area contributed by atoms with E-state index in [2.05, 4.69) is 41.2 Å². The summed E-state index contributed by atoms with van der Waals surface area (Å²) in [7, 11) is 1.99. The molecule has 0 amide bonds. The Bertz CT molecular complexity index is 479. The Hall–Kier alpha value is -0.830. The van der Waals surface area contributed by atoms with E-state index in [1.807, 2.05) is 13.1 Å². The maximum Gasteiger partial charge on any atom is 0.0441 e. The molecular formula is C14H16ClNS. The normalized spacial score (nSPS) is 12.6. The lowest BCUT2D eigenvalue weighted by Gasteiger charge is -2.16. The predicted molar refractivity (Wildman–Crippen MR) is 76.0 cm³/mol. The first-order valence-electron chi connectivity index (χ1n) is 5.65. The first-order valence-corrected chi connectivity index (χ1v) is 6.97. The number of nitrogens with one attached hydrogen (secondary N) is 1. The lowest BCUT2D eigenvalue weighted by molar-refractivity contribution is 0.594. The van der Waals surface area contributed by atoms with Gasteiger partial charge in [-0.15, -0.1) is 0 Å². The van der Waals surface area contributed by atoms with E-state index in [-0.39, 0.29) is 0 Å². The summed E-state index contributed by atoms with van der Waals surface area (Å²) < 4.78 is 0. The van der Waals surface area contributed by atoms with E-state index in [0.29, 0.717) is 6.04 Å². The van der Waals surface area contributed by atoms with E-state index in [4.69, 9.17) is 11.6 Å². The highest BCUT2D eigenvalue weighted by Crippen LogP contribution is 2.25. The molecule has 2 aromatic rings. The van der Waals surface area contributed by atoms with Gasteiger partial charge in [0.15, 0.2) is 0 Å². The van der Waals surface area contributed by atoms with Crippen LogP contribution >= 0.6 is 22.9 Å². The third-order valence-corrected chi connectivity index (χ3v) is 3.98. The Balaban J connectivity index is 2.19. The van der Waals surface area contributed by atoms with E-state index in [1.165, 1.54) is 16.7 Å². The number of hydrogen-bond donors (Lipinski definition) is 1. The van der Waals surface area contributed by atoms with Crippen LogP contribution in [0.15, 0.2) is 35.0 Å². The van der Waals surface area contributed by atoms with Crippen molar-refractivity contribution in [3.8, 4) is 0 Å². The second-order valence-electron chi connectivity index (χ2n) is 4.20. The zero-order valence-electron chi connectivity index (χ0n) is 10.0. The van der Waals surface area contributed by atoms with Crippen molar-refractivity contribution in [1.82, 2.24) is 5.32 Å². The van der Waals surface area contributed by atoms with Crippen molar-refractivity contribution >= 4 is 22.9 Å². The van der Waals surface area contributed by atoms with Crippen LogP contribution in [0.1, 0.15) is 22.7 Å². The van der Waals surface area contributed by atoms with Crippen molar-refractivity contribution in [3.63, 3.8) is 0 Å². The average Bonchev–Trinajstić information content (AvgIpc) is 2.81. The Morgan fingerprint density at radius 1 is 1.35 bits per heavy atom. The zero-order valence-corrected chi connectivity index (χ0v) is 11.6. The van der Waals surface area contributed by atoms with Gasteiger partial charge in [0.1, 0.15) is 0 Å². The van der Waals surface area contributed by atoms with Crippen LogP contribution in [0.3, 0.4) is 0 Å². The minimum absolute atomic E-state index is 0.335. The summed E-state index contributed by atoms with van der Waals surface area (Å²) in [4.78, 5) is 0. The molecule has 1 aromatic carbocycles. The Morgan fingerprint density at radius 2 is 2.18 bits per heavy atom. The topological polar surface area (TPSA) is 12.0 Å². The van der Waals surface area contributed by atoms with Crippen LogP contribution in [-0.4, -0.2) is 7.05 Å². The van der Waals surface area contributed by atoms with E-state index in [1.54, 1.807) is 11.3 Å². The molecule has 0 fully saturated rings. The monoisotopic (exact) mass is 265 g/mol. The van der Waals surface area contributed by atoms with Crippen LogP contribution in [0, 0.1) is 6.92 Å². The number of halogens is 1. The number of aryl methyl sites for hydroxylation is 1. The Morgan fingerprint density at radius 3 is 2.76 bits per heavy atom. The summed E-state index contributed by atoms with van der Waals surface area (Å²) in [6.45, 7) is 2.06. The van der Waals surface area contributed by atoms with E-state index < -0.39 is 0 Å². The van der Waals surface area contributed by atoms with Gasteiger partial charge in [-0.05, 0) is 60.0 Å². The van der Waals surface area contributed by atoms with Crippen LogP contribution in [0.5, 0.6) is 0 Å². The third-order valence-electron chi connectivity index (χ3n) is 2.93. The molecule has 1 nitrogen and oxygen atoms in total. The van der Waals surface area contributed by atoms with Gasteiger partial charge < -0.3 is 5.32 Å². The fraction of sp³-hybridized carbons (Fsp3) is 0.286. The van der Waals surface area contributed by atoms with Crippen molar-refractivity contribution in [1.29, 1.82) is 0 Å². The van der Waals surface area contributed by atoms with Crippen LogP contribution in [0.25, 0.3) is 0 Å².